The minimum absolute atomic E-state index is 0.0367. The van der Waals surface area contributed by atoms with Crippen molar-refractivity contribution in [3.8, 4) is 11.4 Å². The van der Waals surface area contributed by atoms with Crippen molar-refractivity contribution in [1.82, 2.24) is 14.7 Å². The maximum absolute atomic E-state index is 12.8. The minimum atomic E-state index is -4.36. The first kappa shape index (κ1) is 22.8. The molecular formula is C24H24F3N3O3. The molecule has 0 spiro atoms. The summed E-state index contributed by atoms with van der Waals surface area (Å²) in [7, 11) is 0. The number of benzene rings is 2. The fourth-order valence-corrected chi connectivity index (χ4v) is 3.90. The van der Waals surface area contributed by atoms with E-state index in [1.54, 1.807) is 10.9 Å². The number of rotatable bonds is 7. The number of nitrogens with zero attached hydrogens (tertiary/aromatic N) is 3. The molecule has 4 rings (SSSR count). The number of aliphatic carboxylic acids is 1. The minimum Gasteiger partial charge on any atom is -0.493 e. The van der Waals surface area contributed by atoms with Gasteiger partial charge in [0.1, 0.15) is 5.75 Å². The van der Waals surface area contributed by atoms with E-state index in [9.17, 15) is 18.0 Å². The van der Waals surface area contributed by atoms with Crippen molar-refractivity contribution in [1.29, 1.82) is 0 Å². The van der Waals surface area contributed by atoms with Crippen LogP contribution in [0.5, 0.6) is 5.75 Å². The summed E-state index contributed by atoms with van der Waals surface area (Å²) in [6.45, 7) is 2.55. The second-order valence-electron chi connectivity index (χ2n) is 8.04. The van der Waals surface area contributed by atoms with Crippen LogP contribution >= 0.6 is 0 Å². The fraction of sp³-hybridized carbons (Fsp3) is 0.333. The van der Waals surface area contributed by atoms with E-state index in [0.29, 0.717) is 18.0 Å². The smallest absolute Gasteiger partial charge is 0.416 e. The Morgan fingerprint density at radius 1 is 1.06 bits per heavy atom. The van der Waals surface area contributed by atoms with Crippen LogP contribution in [0.25, 0.3) is 5.69 Å². The van der Waals surface area contributed by atoms with Crippen LogP contribution in [0, 0.1) is 0 Å². The lowest BCUT2D eigenvalue weighted by atomic mass is 10.0. The molecular weight excluding hydrogens is 435 g/mol. The summed E-state index contributed by atoms with van der Waals surface area (Å²) in [6.07, 6.45) is 0.921. The highest BCUT2D eigenvalue weighted by molar-refractivity contribution is 5.66. The normalized spacial score (nSPS) is 14.5. The molecule has 0 saturated carbocycles. The third-order valence-electron chi connectivity index (χ3n) is 5.66. The molecule has 3 aromatic rings. The van der Waals surface area contributed by atoms with Crippen LogP contribution in [0.4, 0.5) is 13.2 Å². The Labute approximate surface area is 189 Å². The molecule has 0 aliphatic carbocycles. The van der Waals surface area contributed by atoms with Gasteiger partial charge in [0, 0.05) is 31.4 Å². The van der Waals surface area contributed by atoms with E-state index in [1.807, 2.05) is 24.4 Å². The summed E-state index contributed by atoms with van der Waals surface area (Å²) in [4.78, 5) is 13.0. The van der Waals surface area contributed by atoms with E-state index in [4.69, 9.17) is 9.84 Å². The van der Waals surface area contributed by atoms with Gasteiger partial charge >= 0.3 is 12.1 Å². The Bertz CT molecular complexity index is 1110. The highest BCUT2D eigenvalue weighted by Crippen LogP contribution is 2.29. The molecule has 33 heavy (non-hydrogen) atoms. The average Bonchev–Trinajstić information content (AvgIpc) is 3.15. The maximum Gasteiger partial charge on any atom is 0.416 e. The monoisotopic (exact) mass is 459 g/mol. The second kappa shape index (κ2) is 9.66. The fourth-order valence-electron chi connectivity index (χ4n) is 3.90. The number of carboxylic acids is 1. The largest absolute Gasteiger partial charge is 0.493 e. The molecule has 0 unspecified atom stereocenters. The van der Waals surface area contributed by atoms with Crippen molar-refractivity contribution in [2.75, 3.05) is 19.7 Å². The maximum atomic E-state index is 12.8. The number of alkyl halides is 3. The van der Waals surface area contributed by atoms with Gasteiger partial charge in [0.05, 0.1) is 30.5 Å². The molecule has 2 aromatic carbocycles. The van der Waals surface area contributed by atoms with Gasteiger partial charge in [-0.15, -0.1) is 0 Å². The quantitative estimate of drug-likeness (QED) is 0.569. The lowest BCUT2D eigenvalue weighted by molar-refractivity contribution is -0.138. The summed E-state index contributed by atoms with van der Waals surface area (Å²) in [5, 5.41) is 13.1. The summed E-state index contributed by atoms with van der Waals surface area (Å²) < 4.78 is 45.4. The first-order chi connectivity index (χ1) is 15.8. The van der Waals surface area contributed by atoms with Crippen LogP contribution in [0.1, 0.15) is 28.7 Å². The highest BCUT2D eigenvalue weighted by Gasteiger charge is 2.30. The van der Waals surface area contributed by atoms with Crippen LogP contribution in [-0.4, -0.2) is 45.5 Å². The molecule has 174 valence electrons. The Balaban J connectivity index is 1.36. The topological polar surface area (TPSA) is 67.6 Å². The molecule has 1 aromatic heterocycles. The zero-order valence-corrected chi connectivity index (χ0v) is 17.9. The number of carbonyl (C=O) groups is 1. The third-order valence-corrected chi connectivity index (χ3v) is 5.66. The first-order valence-electron chi connectivity index (χ1n) is 10.7. The molecule has 1 aliphatic rings. The predicted octanol–water partition coefficient (Wildman–Crippen LogP) is 4.35. The van der Waals surface area contributed by atoms with E-state index in [0.717, 1.165) is 43.6 Å². The molecule has 0 fully saturated rings. The third kappa shape index (κ3) is 5.92. The van der Waals surface area contributed by atoms with Crippen molar-refractivity contribution < 1.29 is 27.8 Å². The zero-order chi connectivity index (χ0) is 23.4. The number of carboxylic acid groups (broad SMARTS) is 1. The van der Waals surface area contributed by atoms with Crippen LogP contribution in [0.2, 0.25) is 0 Å². The van der Waals surface area contributed by atoms with E-state index >= 15 is 0 Å². The highest BCUT2D eigenvalue weighted by atomic mass is 19.4. The molecule has 0 radical (unpaired) electrons. The Kier molecular flexibility index (Phi) is 6.69. The molecule has 1 aliphatic heterocycles. The summed E-state index contributed by atoms with van der Waals surface area (Å²) in [5.41, 5.74) is 3.33. The van der Waals surface area contributed by atoms with Crippen LogP contribution < -0.4 is 4.74 Å². The summed E-state index contributed by atoms with van der Waals surface area (Å²) in [6, 6.07) is 10.9. The number of fused-ring (bicyclic) bond motifs is 1. The van der Waals surface area contributed by atoms with Gasteiger partial charge in [0.25, 0.3) is 0 Å². The van der Waals surface area contributed by atoms with Gasteiger partial charge in [-0.05, 0) is 60.4 Å². The molecule has 0 saturated heterocycles. The van der Waals surface area contributed by atoms with Crippen LogP contribution in [0.3, 0.4) is 0 Å². The van der Waals surface area contributed by atoms with Crippen molar-refractivity contribution in [3.63, 3.8) is 0 Å². The molecule has 2 heterocycles. The van der Waals surface area contributed by atoms with E-state index in [-0.39, 0.29) is 13.0 Å². The van der Waals surface area contributed by atoms with E-state index < -0.39 is 17.7 Å². The van der Waals surface area contributed by atoms with Crippen molar-refractivity contribution in [3.05, 3.63) is 77.1 Å². The van der Waals surface area contributed by atoms with Crippen molar-refractivity contribution >= 4 is 5.97 Å². The lowest BCUT2D eigenvalue weighted by Gasteiger charge is -2.18. The van der Waals surface area contributed by atoms with Gasteiger partial charge in [-0.25, -0.2) is 4.68 Å². The first-order valence-corrected chi connectivity index (χ1v) is 10.7. The van der Waals surface area contributed by atoms with Crippen LogP contribution in [-0.2, 0) is 30.4 Å². The Morgan fingerprint density at radius 3 is 2.48 bits per heavy atom. The van der Waals surface area contributed by atoms with Gasteiger partial charge in [0.2, 0.25) is 0 Å². The lowest BCUT2D eigenvalue weighted by Crippen LogP contribution is -2.25. The average molecular weight is 459 g/mol. The summed E-state index contributed by atoms with van der Waals surface area (Å²) >= 11 is 0. The number of hydrogen-bond acceptors (Lipinski definition) is 4. The number of aromatic nitrogens is 2. The van der Waals surface area contributed by atoms with Gasteiger partial charge in [-0.3, -0.25) is 9.69 Å². The molecule has 6 nitrogen and oxygen atoms in total. The Morgan fingerprint density at radius 2 is 1.79 bits per heavy atom. The van der Waals surface area contributed by atoms with Gasteiger partial charge in [0.15, 0.2) is 0 Å². The zero-order valence-electron chi connectivity index (χ0n) is 17.9. The Hall–Kier alpha value is -3.33. The van der Waals surface area contributed by atoms with E-state index in [2.05, 4.69) is 10.00 Å². The molecule has 0 bridgehead atoms. The number of halogens is 3. The summed E-state index contributed by atoms with van der Waals surface area (Å²) in [5.74, 6) is -0.205. The van der Waals surface area contributed by atoms with Gasteiger partial charge in [-0.2, -0.15) is 18.3 Å². The van der Waals surface area contributed by atoms with Crippen molar-refractivity contribution in [2.24, 2.45) is 0 Å². The SMILES string of the molecule is O=C(O)CCOc1ccc2c(c1)CCN(Cc1cnn(-c3ccc(C(F)(F)F)cc3)c1)CC2. The second-order valence-corrected chi connectivity index (χ2v) is 8.04. The molecule has 9 heteroatoms. The number of ether oxygens (including phenoxy) is 1. The number of hydrogen-bond donors (Lipinski definition) is 1. The standard InChI is InChI=1S/C24H24F3N3O3/c25-24(26,27)20-2-4-21(5-3-20)30-16-17(14-28-30)15-29-10-7-18-1-6-22(13-19(18)8-11-29)33-12-9-23(31)32/h1-6,13-14,16H,7-12,15H2,(H,31,32). The predicted molar refractivity (Wildman–Crippen MR) is 115 cm³/mol. The van der Waals surface area contributed by atoms with Gasteiger partial charge < -0.3 is 9.84 Å². The molecule has 1 N–H and O–H groups in total. The molecule has 0 atom stereocenters. The molecule has 0 amide bonds. The van der Waals surface area contributed by atoms with Gasteiger partial charge in [-0.1, -0.05) is 6.07 Å². The van der Waals surface area contributed by atoms with Crippen LogP contribution in [0.15, 0.2) is 54.9 Å². The van der Waals surface area contributed by atoms with Crippen molar-refractivity contribution in [2.45, 2.75) is 32.0 Å². The van der Waals surface area contributed by atoms with E-state index in [1.165, 1.54) is 23.3 Å².